The van der Waals surface area contributed by atoms with Gasteiger partial charge >= 0.3 is 0 Å². The molecule has 5 rings (SSSR count). The van der Waals surface area contributed by atoms with Gasteiger partial charge in [0.1, 0.15) is 29.6 Å². The van der Waals surface area contributed by atoms with E-state index in [0.717, 1.165) is 18.4 Å². The summed E-state index contributed by atoms with van der Waals surface area (Å²) in [6.45, 7) is 0.218. The van der Waals surface area contributed by atoms with E-state index in [0.29, 0.717) is 22.6 Å². The number of fused-ring (bicyclic) bond motifs is 1. The van der Waals surface area contributed by atoms with Crippen molar-refractivity contribution in [2.24, 2.45) is 0 Å². The van der Waals surface area contributed by atoms with Crippen molar-refractivity contribution in [1.29, 1.82) is 0 Å². The van der Waals surface area contributed by atoms with Crippen LogP contribution in [-0.4, -0.2) is 44.9 Å². The van der Waals surface area contributed by atoms with E-state index >= 15 is 0 Å². The summed E-state index contributed by atoms with van der Waals surface area (Å²) in [5.41, 5.74) is 2.17. The van der Waals surface area contributed by atoms with Crippen LogP contribution in [0.4, 0.5) is 0 Å². The standard InChI is InChI=1S/C25H25N5O4/c1-33-19-7-4-6-17(14-19)24(25(32)26-15-20-8-5-13-34-20)30(18-11-12-18)23(31)16-29-22-10-3-2-9-21(22)27-28-29/h2-10,13-14,18,24H,11-12,15-16H2,1H3,(H,26,32)/t24-/m1/s1. The van der Waals surface area contributed by atoms with Gasteiger partial charge in [0, 0.05) is 6.04 Å². The van der Waals surface area contributed by atoms with E-state index < -0.39 is 6.04 Å². The number of hydrogen-bond acceptors (Lipinski definition) is 6. The molecule has 0 spiro atoms. The van der Waals surface area contributed by atoms with Crippen molar-refractivity contribution >= 4 is 22.8 Å². The van der Waals surface area contributed by atoms with Gasteiger partial charge in [-0.3, -0.25) is 9.59 Å². The largest absolute Gasteiger partial charge is 0.497 e. The molecule has 0 bridgehead atoms. The molecule has 1 N–H and O–H groups in total. The van der Waals surface area contributed by atoms with Crippen LogP contribution in [0.1, 0.15) is 30.2 Å². The lowest BCUT2D eigenvalue weighted by atomic mass is 10.0. The fraction of sp³-hybridized carbons (Fsp3) is 0.280. The van der Waals surface area contributed by atoms with Gasteiger partial charge in [-0.05, 0) is 54.8 Å². The molecule has 1 fully saturated rings. The van der Waals surface area contributed by atoms with Crippen molar-refractivity contribution in [2.75, 3.05) is 7.11 Å². The smallest absolute Gasteiger partial charge is 0.247 e. The molecule has 9 heteroatoms. The zero-order valence-corrected chi connectivity index (χ0v) is 18.8. The van der Waals surface area contributed by atoms with Crippen LogP contribution >= 0.6 is 0 Å². The fourth-order valence-electron chi connectivity index (χ4n) is 4.09. The zero-order valence-electron chi connectivity index (χ0n) is 18.8. The average molecular weight is 460 g/mol. The first-order valence-corrected chi connectivity index (χ1v) is 11.2. The predicted molar refractivity (Wildman–Crippen MR) is 124 cm³/mol. The summed E-state index contributed by atoms with van der Waals surface area (Å²) in [5.74, 6) is 0.774. The Kier molecular flexibility index (Phi) is 5.99. The van der Waals surface area contributed by atoms with Crippen LogP contribution < -0.4 is 10.1 Å². The van der Waals surface area contributed by atoms with Crippen LogP contribution in [0.15, 0.2) is 71.3 Å². The van der Waals surface area contributed by atoms with Crippen LogP contribution in [0.3, 0.4) is 0 Å². The number of furan rings is 1. The van der Waals surface area contributed by atoms with Crippen molar-refractivity contribution in [3.05, 3.63) is 78.3 Å². The number of para-hydroxylation sites is 1. The van der Waals surface area contributed by atoms with Crippen LogP contribution in [-0.2, 0) is 22.7 Å². The van der Waals surface area contributed by atoms with Gasteiger partial charge in [0.15, 0.2) is 0 Å². The molecule has 2 aromatic heterocycles. The summed E-state index contributed by atoms with van der Waals surface area (Å²) in [6, 6.07) is 17.5. The third-order valence-electron chi connectivity index (χ3n) is 5.89. The monoisotopic (exact) mass is 459 g/mol. The van der Waals surface area contributed by atoms with Gasteiger partial charge in [0.2, 0.25) is 11.8 Å². The summed E-state index contributed by atoms with van der Waals surface area (Å²) in [4.78, 5) is 28.8. The number of hydrogen-bond donors (Lipinski definition) is 1. The lowest BCUT2D eigenvalue weighted by molar-refractivity contribution is -0.142. The molecular weight excluding hydrogens is 434 g/mol. The van der Waals surface area contributed by atoms with Gasteiger partial charge in [0.25, 0.3) is 0 Å². The molecule has 2 aromatic carbocycles. The third-order valence-corrected chi connectivity index (χ3v) is 5.89. The van der Waals surface area contributed by atoms with Gasteiger partial charge in [-0.15, -0.1) is 5.10 Å². The Balaban J connectivity index is 1.46. The van der Waals surface area contributed by atoms with Gasteiger partial charge in [-0.2, -0.15) is 0 Å². The Morgan fingerprint density at radius 3 is 2.79 bits per heavy atom. The molecule has 9 nitrogen and oxygen atoms in total. The number of aromatic nitrogens is 3. The minimum Gasteiger partial charge on any atom is -0.497 e. The molecule has 0 radical (unpaired) electrons. The average Bonchev–Trinajstić information content (AvgIpc) is 3.40. The summed E-state index contributed by atoms with van der Waals surface area (Å²) in [7, 11) is 1.57. The minimum absolute atomic E-state index is 0.0110. The highest BCUT2D eigenvalue weighted by molar-refractivity contribution is 5.89. The molecule has 0 saturated heterocycles. The predicted octanol–water partition coefficient (Wildman–Crippen LogP) is 3.08. The van der Waals surface area contributed by atoms with Crippen LogP contribution in [0.5, 0.6) is 5.75 Å². The number of nitrogens with zero attached hydrogens (tertiary/aromatic N) is 4. The van der Waals surface area contributed by atoms with E-state index in [1.165, 1.54) is 0 Å². The fourth-order valence-corrected chi connectivity index (χ4v) is 4.09. The SMILES string of the molecule is COc1cccc([C@H](C(=O)NCc2ccco2)N(C(=O)Cn2nnc3ccccc32)C2CC2)c1. The first-order chi connectivity index (χ1) is 16.6. The van der Waals surface area contributed by atoms with Crippen molar-refractivity contribution in [2.45, 2.75) is 38.0 Å². The van der Waals surface area contributed by atoms with E-state index in [1.54, 1.807) is 41.2 Å². The van der Waals surface area contributed by atoms with E-state index in [4.69, 9.17) is 9.15 Å². The molecule has 34 heavy (non-hydrogen) atoms. The quantitative estimate of drug-likeness (QED) is 0.413. The number of rotatable bonds is 9. The second kappa shape index (κ2) is 9.38. The highest BCUT2D eigenvalue weighted by Gasteiger charge is 2.41. The Labute approximate surface area is 196 Å². The molecule has 2 heterocycles. The van der Waals surface area contributed by atoms with Crippen LogP contribution in [0.2, 0.25) is 0 Å². The van der Waals surface area contributed by atoms with Crippen molar-refractivity contribution < 1.29 is 18.7 Å². The third kappa shape index (κ3) is 4.50. The van der Waals surface area contributed by atoms with E-state index in [9.17, 15) is 9.59 Å². The highest BCUT2D eigenvalue weighted by atomic mass is 16.5. The lowest BCUT2D eigenvalue weighted by Gasteiger charge is -2.31. The Hall–Kier alpha value is -4.14. The maximum absolute atomic E-state index is 13.6. The summed E-state index contributed by atoms with van der Waals surface area (Å²) in [6.07, 6.45) is 3.25. The minimum atomic E-state index is -0.820. The number of carbonyl (C=O) groups excluding carboxylic acids is 2. The number of ether oxygens (including phenoxy) is 1. The van der Waals surface area contributed by atoms with E-state index in [2.05, 4.69) is 15.6 Å². The lowest BCUT2D eigenvalue weighted by Crippen LogP contribution is -2.46. The van der Waals surface area contributed by atoms with Gasteiger partial charge in [0.05, 0.1) is 25.4 Å². The molecule has 1 saturated carbocycles. The van der Waals surface area contributed by atoms with Crippen LogP contribution in [0.25, 0.3) is 11.0 Å². The second-order valence-corrected chi connectivity index (χ2v) is 8.24. The normalized spacial score (nSPS) is 14.0. The Morgan fingerprint density at radius 2 is 2.03 bits per heavy atom. The zero-order chi connectivity index (χ0) is 23.5. The van der Waals surface area contributed by atoms with Crippen molar-refractivity contribution in [1.82, 2.24) is 25.2 Å². The van der Waals surface area contributed by atoms with E-state index in [-0.39, 0.29) is 30.9 Å². The summed E-state index contributed by atoms with van der Waals surface area (Å²) in [5, 5.41) is 11.2. The number of methoxy groups -OCH3 is 1. The van der Waals surface area contributed by atoms with E-state index in [1.807, 2.05) is 42.5 Å². The number of benzene rings is 2. The molecule has 2 amide bonds. The maximum atomic E-state index is 13.6. The highest BCUT2D eigenvalue weighted by Crippen LogP contribution is 2.36. The van der Waals surface area contributed by atoms with Crippen molar-refractivity contribution in [3.8, 4) is 5.75 Å². The number of carbonyl (C=O) groups is 2. The molecule has 1 aliphatic carbocycles. The van der Waals surface area contributed by atoms with Crippen LogP contribution in [0, 0.1) is 0 Å². The number of amides is 2. The topological polar surface area (TPSA) is 102 Å². The Bertz CT molecular complexity index is 1300. The molecule has 1 atom stereocenters. The number of nitrogens with one attached hydrogen (secondary N) is 1. The first kappa shape index (κ1) is 21.7. The molecule has 0 unspecified atom stereocenters. The maximum Gasteiger partial charge on any atom is 0.247 e. The van der Waals surface area contributed by atoms with Gasteiger partial charge in [-0.1, -0.05) is 29.5 Å². The summed E-state index contributed by atoms with van der Waals surface area (Å²) < 4.78 is 12.3. The first-order valence-electron chi connectivity index (χ1n) is 11.2. The van der Waals surface area contributed by atoms with Gasteiger partial charge < -0.3 is 19.4 Å². The summed E-state index contributed by atoms with van der Waals surface area (Å²) >= 11 is 0. The van der Waals surface area contributed by atoms with Crippen molar-refractivity contribution in [3.63, 3.8) is 0 Å². The van der Waals surface area contributed by atoms with Gasteiger partial charge in [-0.25, -0.2) is 4.68 Å². The molecular formula is C25H25N5O4. The second-order valence-electron chi connectivity index (χ2n) is 8.24. The molecule has 1 aliphatic rings. The Morgan fingerprint density at radius 1 is 1.18 bits per heavy atom. The molecule has 174 valence electrons. The molecule has 4 aromatic rings. The molecule has 0 aliphatic heterocycles.